The van der Waals surface area contributed by atoms with Gasteiger partial charge in [-0.15, -0.1) is 0 Å². The maximum atomic E-state index is 14.1. The van der Waals surface area contributed by atoms with E-state index in [1.165, 1.54) is 17.0 Å². The van der Waals surface area contributed by atoms with Crippen LogP contribution in [0.15, 0.2) is 59.5 Å². The van der Waals surface area contributed by atoms with Crippen molar-refractivity contribution in [3.63, 3.8) is 0 Å². The van der Waals surface area contributed by atoms with Gasteiger partial charge in [0.2, 0.25) is 10.0 Å². The molecule has 3 rings (SSSR count). The summed E-state index contributed by atoms with van der Waals surface area (Å²) in [6.45, 7) is 2.45. The average molecular weight is 465 g/mol. The quantitative estimate of drug-likeness (QED) is 0.594. The number of carbonyl (C=O) groups excluding carboxylic acids is 2. The Bertz CT molecular complexity index is 1050. The van der Waals surface area contributed by atoms with Crippen molar-refractivity contribution in [1.29, 1.82) is 0 Å². The lowest BCUT2D eigenvalue weighted by atomic mass is 10.1. The molecule has 0 aromatic heterocycles. The molecule has 0 radical (unpaired) electrons. The Kier molecular flexibility index (Phi) is 7.94. The summed E-state index contributed by atoms with van der Waals surface area (Å²) in [4.78, 5) is 26.1. The standard InChI is InChI=1S/C22H25FN2O6S/c1-16-14-25(11-12-30-16)21(26)15-31-22(27)19(13-17-7-3-2-4-8-17)24-32(28,29)20-10-6-5-9-18(20)23/h2-10,16,19,24H,11-15H2,1H3/t16?,19-/m0/s1. The fourth-order valence-corrected chi connectivity index (χ4v) is 4.57. The summed E-state index contributed by atoms with van der Waals surface area (Å²) in [5.74, 6) is -2.27. The SMILES string of the molecule is CC1CN(C(=O)COC(=O)[C@H](Cc2ccccc2)NS(=O)(=O)c2ccccc2F)CCO1. The van der Waals surface area contributed by atoms with Gasteiger partial charge < -0.3 is 14.4 Å². The Balaban J connectivity index is 1.72. The van der Waals surface area contributed by atoms with E-state index in [0.717, 1.165) is 12.1 Å². The third-order valence-electron chi connectivity index (χ3n) is 4.92. The number of ether oxygens (including phenoxy) is 2. The van der Waals surface area contributed by atoms with Gasteiger partial charge in [-0.25, -0.2) is 12.8 Å². The van der Waals surface area contributed by atoms with E-state index >= 15 is 0 Å². The fraction of sp³-hybridized carbons (Fsp3) is 0.364. The molecule has 172 valence electrons. The van der Waals surface area contributed by atoms with Crippen molar-refractivity contribution >= 4 is 21.9 Å². The van der Waals surface area contributed by atoms with E-state index < -0.39 is 45.3 Å². The second-order valence-corrected chi connectivity index (χ2v) is 9.11. The first-order valence-corrected chi connectivity index (χ1v) is 11.6. The summed E-state index contributed by atoms with van der Waals surface area (Å²) < 4.78 is 52.3. The number of hydrogen-bond acceptors (Lipinski definition) is 6. The molecule has 1 aliphatic rings. The Morgan fingerprint density at radius 2 is 1.88 bits per heavy atom. The monoisotopic (exact) mass is 464 g/mol. The van der Waals surface area contributed by atoms with E-state index in [-0.39, 0.29) is 12.5 Å². The van der Waals surface area contributed by atoms with Crippen LogP contribution in [-0.4, -0.2) is 63.6 Å². The average Bonchev–Trinajstić information content (AvgIpc) is 2.77. The van der Waals surface area contributed by atoms with Gasteiger partial charge in [-0.2, -0.15) is 4.72 Å². The molecule has 8 nitrogen and oxygen atoms in total. The first-order chi connectivity index (χ1) is 15.3. The lowest BCUT2D eigenvalue weighted by Gasteiger charge is -2.31. The minimum atomic E-state index is -4.36. The molecule has 1 saturated heterocycles. The number of sulfonamides is 1. The molecule has 2 aromatic carbocycles. The van der Waals surface area contributed by atoms with Gasteiger partial charge in [-0.05, 0) is 31.0 Å². The van der Waals surface area contributed by atoms with Gasteiger partial charge in [0.1, 0.15) is 16.8 Å². The lowest BCUT2D eigenvalue weighted by molar-refractivity contribution is -0.156. The molecule has 1 amide bonds. The minimum Gasteiger partial charge on any atom is -0.454 e. The molecule has 1 N–H and O–H groups in total. The van der Waals surface area contributed by atoms with Crippen LogP contribution >= 0.6 is 0 Å². The second kappa shape index (κ2) is 10.7. The number of esters is 1. The number of nitrogens with one attached hydrogen (secondary N) is 1. The predicted molar refractivity (Wildman–Crippen MR) is 114 cm³/mol. The maximum absolute atomic E-state index is 14.1. The van der Waals surface area contributed by atoms with Crippen molar-refractivity contribution in [2.75, 3.05) is 26.3 Å². The Hall–Kier alpha value is -2.82. The largest absolute Gasteiger partial charge is 0.454 e. The van der Waals surface area contributed by atoms with Gasteiger partial charge >= 0.3 is 5.97 Å². The van der Waals surface area contributed by atoms with E-state index in [4.69, 9.17) is 9.47 Å². The van der Waals surface area contributed by atoms with Crippen LogP contribution in [0.1, 0.15) is 12.5 Å². The number of carbonyl (C=O) groups is 2. The van der Waals surface area contributed by atoms with Crippen LogP contribution in [0, 0.1) is 5.82 Å². The molecule has 0 spiro atoms. The van der Waals surface area contributed by atoms with Gasteiger partial charge in [-0.3, -0.25) is 9.59 Å². The van der Waals surface area contributed by atoms with Gasteiger partial charge in [0.15, 0.2) is 6.61 Å². The molecule has 0 aliphatic carbocycles. The van der Waals surface area contributed by atoms with Gasteiger partial charge in [0.05, 0.1) is 12.7 Å². The van der Waals surface area contributed by atoms with Gasteiger partial charge in [0, 0.05) is 13.1 Å². The molecule has 1 fully saturated rings. The molecule has 0 bridgehead atoms. The molecular weight excluding hydrogens is 439 g/mol. The third-order valence-corrected chi connectivity index (χ3v) is 6.43. The van der Waals surface area contributed by atoms with Crippen LogP contribution in [0.3, 0.4) is 0 Å². The molecule has 2 atom stereocenters. The normalized spacial score (nSPS) is 17.6. The molecule has 32 heavy (non-hydrogen) atoms. The molecule has 0 saturated carbocycles. The molecule has 1 aliphatic heterocycles. The Morgan fingerprint density at radius 3 is 2.56 bits per heavy atom. The summed E-state index contributed by atoms with van der Waals surface area (Å²) in [5, 5.41) is 0. The van der Waals surface area contributed by atoms with Crippen LogP contribution in [0.2, 0.25) is 0 Å². The Morgan fingerprint density at radius 1 is 1.19 bits per heavy atom. The number of morpholine rings is 1. The van der Waals surface area contributed by atoms with E-state index in [9.17, 15) is 22.4 Å². The maximum Gasteiger partial charge on any atom is 0.325 e. The van der Waals surface area contributed by atoms with Gasteiger partial charge in [-0.1, -0.05) is 42.5 Å². The topological polar surface area (TPSA) is 102 Å². The number of nitrogens with zero attached hydrogens (tertiary/aromatic N) is 1. The zero-order valence-corrected chi connectivity index (χ0v) is 18.4. The minimum absolute atomic E-state index is 0.0316. The molecule has 1 unspecified atom stereocenters. The van der Waals surface area contributed by atoms with Crippen LogP contribution in [0.25, 0.3) is 0 Å². The highest BCUT2D eigenvalue weighted by molar-refractivity contribution is 7.89. The van der Waals surface area contributed by atoms with Crippen molar-refractivity contribution in [1.82, 2.24) is 9.62 Å². The van der Waals surface area contributed by atoms with Crippen molar-refractivity contribution in [3.8, 4) is 0 Å². The van der Waals surface area contributed by atoms with Crippen molar-refractivity contribution in [3.05, 3.63) is 66.0 Å². The number of rotatable bonds is 8. The zero-order valence-electron chi connectivity index (χ0n) is 17.6. The third kappa shape index (κ3) is 6.35. The second-order valence-electron chi connectivity index (χ2n) is 7.42. The van der Waals surface area contributed by atoms with Crippen LogP contribution in [-0.2, 0) is 35.5 Å². The highest BCUT2D eigenvalue weighted by atomic mass is 32.2. The zero-order chi connectivity index (χ0) is 23.1. The molecule has 10 heteroatoms. The van der Waals surface area contributed by atoms with E-state index in [1.807, 2.05) is 6.92 Å². The van der Waals surface area contributed by atoms with Crippen molar-refractivity contribution in [2.24, 2.45) is 0 Å². The van der Waals surface area contributed by atoms with E-state index in [0.29, 0.717) is 25.3 Å². The lowest BCUT2D eigenvalue weighted by Crippen LogP contribution is -2.47. The van der Waals surface area contributed by atoms with Crippen LogP contribution in [0.4, 0.5) is 4.39 Å². The summed E-state index contributed by atoms with van der Waals surface area (Å²) in [5.41, 5.74) is 0.666. The number of hydrogen-bond donors (Lipinski definition) is 1. The van der Waals surface area contributed by atoms with Crippen molar-refractivity contribution < 1.29 is 31.9 Å². The smallest absolute Gasteiger partial charge is 0.325 e. The number of amides is 1. The predicted octanol–water partition coefficient (Wildman–Crippen LogP) is 1.51. The Labute approximate surface area is 186 Å². The van der Waals surface area contributed by atoms with Crippen LogP contribution in [0.5, 0.6) is 0 Å². The summed E-state index contributed by atoms with van der Waals surface area (Å²) in [6, 6.07) is 12.2. The molecule has 2 aromatic rings. The summed E-state index contributed by atoms with van der Waals surface area (Å²) in [6.07, 6.45) is -0.155. The highest BCUT2D eigenvalue weighted by Gasteiger charge is 2.30. The molecular formula is C22H25FN2O6S. The van der Waals surface area contributed by atoms with Crippen LogP contribution < -0.4 is 4.72 Å². The summed E-state index contributed by atoms with van der Waals surface area (Å²) in [7, 11) is -4.36. The van der Waals surface area contributed by atoms with Gasteiger partial charge in [0.25, 0.3) is 5.91 Å². The van der Waals surface area contributed by atoms with E-state index in [2.05, 4.69) is 4.72 Å². The fourth-order valence-electron chi connectivity index (χ4n) is 3.31. The van der Waals surface area contributed by atoms with E-state index in [1.54, 1.807) is 30.3 Å². The summed E-state index contributed by atoms with van der Waals surface area (Å²) >= 11 is 0. The first-order valence-electron chi connectivity index (χ1n) is 10.1. The number of halogens is 1. The number of benzene rings is 2. The molecule has 1 heterocycles. The first kappa shape index (κ1) is 23.8. The highest BCUT2D eigenvalue weighted by Crippen LogP contribution is 2.15. The van der Waals surface area contributed by atoms with Crippen molar-refractivity contribution in [2.45, 2.75) is 30.4 Å².